The summed E-state index contributed by atoms with van der Waals surface area (Å²) >= 11 is 0. The Morgan fingerprint density at radius 1 is 1.10 bits per heavy atom. The van der Waals surface area contributed by atoms with E-state index in [4.69, 9.17) is 0 Å². The van der Waals surface area contributed by atoms with Crippen LogP contribution in [0.5, 0.6) is 0 Å². The molecule has 1 aromatic heterocycles. The maximum absolute atomic E-state index is 13.1. The van der Waals surface area contributed by atoms with Crippen molar-refractivity contribution in [2.45, 2.75) is 84.1 Å². The van der Waals surface area contributed by atoms with Crippen LogP contribution in [0.15, 0.2) is 12.4 Å². The second-order valence-corrected chi connectivity index (χ2v) is 7.02. The van der Waals surface area contributed by atoms with Crippen molar-refractivity contribution < 1.29 is 4.79 Å². The van der Waals surface area contributed by atoms with E-state index < -0.39 is 5.54 Å². The van der Waals surface area contributed by atoms with Crippen LogP contribution in [-0.4, -0.2) is 15.3 Å². The van der Waals surface area contributed by atoms with E-state index in [0.29, 0.717) is 5.78 Å². The lowest BCUT2D eigenvalue weighted by Crippen LogP contribution is -2.40. The maximum atomic E-state index is 13.1. The lowest BCUT2D eigenvalue weighted by atomic mass is 9.81. The maximum Gasteiger partial charge on any atom is 0.161 e. The fraction of sp³-hybridized carbons (Fsp3) is 0.778. The molecule has 1 fully saturated rings. The highest BCUT2D eigenvalue weighted by Crippen LogP contribution is 2.29. The Kier molecular flexibility index (Phi) is 5.60. The molecule has 0 spiro atoms. The van der Waals surface area contributed by atoms with Crippen molar-refractivity contribution in [1.82, 2.24) is 9.55 Å². The van der Waals surface area contributed by atoms with Crippen LogP contribution < -0.4 is 0 Å². The topological polar surface area (TPSA) is 34.9 Å². The zero-order chi connectivity index (χ0) is 15.3. The van der Waals surface area contributed by atoms with Gasteiger partial charge in [0, 0.05) is 18.3 Å². The van der Waals surface area contributed by atoms with Crippen LogP contribution in [0, 0.1) is 12.8 Å². The summed E-state index contributed by atoms with van der Waals surface area (Å²) in [4.78, 5) is 17.4. The molecular formula is C18H30N2O. The molecule has 3 heteroatoms. The van der Waals surface area contributed by atoms with Gasteiger partial charge in [-0.05, 0) is 33.6 Å². The van der Waals surface area contributed by atoms with Crippen LogP contribution >= 0.6 is 0 Å². The van der Waals surface area contributed by atoms with Crippen molar-refractivity contribution in [3.8, 4) is 0 Å². The predicted octanol–water partition coefficient (Wildman–Crippen LogP) is 4.64. The minimum absolute atomic E-state index is 0.222. The van der Waals surface area contributed by atoms with E-state index in [0.717, 1.165) is 18.7 Å². The smallest absolute Gasteiger partial charge is 0.161 e. The molecule has 1 aromatic rings. The molecule has 0 amide bonds. The number of rotatable bonds is 3. The summed E-state index contributed by atoms with van der Waals surface area (Å²) in [5, 5.41) is 0. The lowest BCUT2D eigenvalue weighted by molar-refractivity contribution is -0.131. The summed E-state index contributed by atoms with van der Waals surface area (Å²) in [6.45, 7) is 6.06. The molecule has 0 atom stereocenters. The average Bonchev–Trinajstić information content (AvgIpc) is 2.90. The van der Waals surface area contributed by atoms with E-state index >= 15 is 0 Å². The second-order valence-electron chi connectivity index (χ2n) is 7.02. The Hall–Kier alpha value is -1.12. The van der Waals surface area contributed by atoms with Gasteiger partial charge in [-0.2, -0.15) is 0 Å². The van der Waals surface area contributed by atoms with Gasteiger partial charge in [0.05, 0.1) is 5.54 Å². The van der Waals surface area contributed by atoms with Crippen molar-refractivity contribution >= 4 is 5.78 Å². The summed E-state index contributed by atoms with van der Waals surface area (Å²) in [6, 6.07) is 0. The van der Waals surface area contributed by atoms with Crippen LogP contribution in [0.2, 0.25) is 0 Å². The molecule has 0 radical (unpaired) electrons. The predicted molar refractivity (Wildman–Crippen MR) is 86.3 cm³/mol. The summed E-state index contributed by atoms with van der Waals surface area (Å²) in [7, 11) is 0. The molecule has 118 valence electrons. The zero-order valence-corrected chi connectivity index (χ0v) is 13.9. The Bertz CT molecular complexity index is 452. The molecule has 1 saturated carbocycles. The third kappa shape index (κ3) is 3.96. The van der Waals surface area contributed by atoms with E-state index in [1.807, 2.05) is 31.5 Å². The van der Waals surface area contributed by atoms with Crippen LogP contribution in [0.1, 0.15) is 77.5 Å². The third-order valence-corrected chi connectivity index (χ3v) is 5.01. The molecule has 0 bridgehead atoms. The zero-order valence-electron chi connectivity index (χ0n) is 13.9. The standard InChI is InChI=1S/C18H30N2O/c1-15-19-13-14-20(15)18(2,3)17(21)16-11-9-7-5-4-6-8-10-12-16/h13-14,16H,4-12H2,1-3H3. The van der Waals surface area contributed by atoms with Gasteiger partial charge in [0.2, 0.25) is 0 Å². The van der Waals surface area contributed by atoms with Crippen LogP contribution in [-0.2, 0) is 10.3 Å². The van der Waals surface area contributed by atoms with Crippen molar-refractivity contribution in [2.24, 2.45) is 5.92 Å². The Balaban J connectivity index is 2.09. The van der Waals surface area contributed by atoms with Crippen molar-refractivity contribution in [2.75, 3.05) is 0 Å². The molecule has 1 aliphatic rings. The SMILES string of the molecule is Cc1nccn1C(C)(C)C(=O)C1CCCCCCCCC1. The van der Waals surface area contributed by atoms with Crippen molar-refractivity contribution in [1.29, 1.82) is 0 Å². The van der Waals surface area contributed by atoms with Gasteiger partial charge < -0.3 is 4.57 Å². The first-order valence-corrected chi connectivity index (χ1v) is 8.58. The van der Waals surface area contributed by atoms with Crippen molar-refractivity contribution in [3.63, 3.8) is 0 Å². The van der Waals surface area contributed by atoms with E-state index in [1.165, 1.54) is 44.9 Å². The first kappa shape index (κ1) is 16.3. The van der Waals surface area contributed by atoms with E-state index in [9.17, 15) is 4.79 Å². The van der Waals surface area contributed by atoms with Gasteiger partial charge in [-0.15, -0.1) is 0 Å². The number of ketones is 1. The van der Waals surface area contributed by atoms with Crippen LogP contribution in [0.4, 0.5) is 0 Å². The van der Waals surface area contributed by atoms with Crippen LogP contribution in [0.25, 0.3) is 0 Å². The number of aryl methyl sites for hydroxylation is 1. The molecule has 0 aromatic carbocycles. The molecule has 3 nitrogen and oxygen atoms in total. The Labute approximate surface area is 129 Å². The normalized spacial score (nSPS) is 19.4. The highest BCUT2D eigenvalue weighted by Gasteiger charge is 2.35. The minimum atomic E-state index is -0.477. The molecule has 21 heavy (non-hydrogen) atoms. The van der Waals surface area contributed by atoms with Gasteiger partial charge >= 0.3 is 0 Å². The first-order chi connectivity index (χ1) is 10.0. The molecule has 0 N–H and O–H groups in total. The number of carbonyl (C=O) groups excluding carboxylic acids is 1. The van der Waals surface area contributed by atoms with E-state index in [1.54, 1.807) is 6.20 Å². The molecule has 1 heterocycles. The van der Waals surface area contributed by atoms with Gasteiger partial charge in [-0.25, -0.2) is 4.98 Å². The quantitative estimate of drug-likeness (QED) is 0.813. The Morgan fingerprint density at radius 2 is 1.62 bits per heavy atom. The van der Waals surface area contributed by atoms with E-state index in [-0.39, 0.29) is 5.92 Å². The number of imidazole rings is 1. The van der Waals surface area contributed by atoms with Gasteiger partial charge in [0.15, 0.2) is 5.78 Å². The summed E-state index contributed by atoms with van der Waals surface area (Å²) in [6.07, 6.45) is 14.9. The fourth-order valence-electron chi connectivity index (χ4n) is 3.66. The van der Waals surface area contributed by atoms with Gasteiger partial charge in [0.25, 0.3) is 0 Å². The average molecular weight is 290 g/mol. The number of Topliss-reactive ketones (excluding diaryl/α,β-unsaturated/α-hetero) is 1. The van der Waals surface area contributed by atoms with E-state index in [2.05, 4.69) is 4.98 Å². The molecule has 0 aliphatic heterocycles. The van der Waals surface area contributed by atoms with Gasteiger partial charge in [-0.3, -0.25) is 4.79 Å². The van der Waals surface area contributed by atoms with Gasteiger partial charge in [-0.1, -0.05) is 44.9 Å². The lowest BCUT2D eigenvalue weighted by Gasteiger charge is -2.31. The molecule has 2 rings (SSSR count). The number of carbonyl (C=O) groups is 1. The largest absolute Gasteiger partial charge is 0.322 e. The number of hydrogen-bond acceptors (Lipinski definition) is 2. The first-order valence-electron chi connectivity index (χ1n) is 8.58. The monoisotopic (exact) mass is 290 g/mol. The van der Waals surface area contributed by atoms with Gasteiger partial charge in [0.1, 0.15) is 5.82 Å². The summed E-state index contributed by atoms with van der Waals surface area (Å²) < 4.78 is 2.04. The molecular weight excluding hydrogens is 260 g/mol. The second kappa shape index (κ2) is 7.24. The number of hydrogen-bond donors (Lipinski definition) is 0. The highest BCUT2D eigenvalue weighted by atomic mass is 16.1. The third-order valence-electron chi connectivity index (χ3n) is 5.01. The summed E-state index contributed by atoms with van der Waals surface area (Å²) in [5.41, 5.74) is -0.477. The summed E-state index contributed by atoms with van der Waals surface area (Å²) in [5.74, 6) is 1.54. The van der Waals surface area contributed by atoms with Crippen molar-refractivity contribution in [3.05, 3.63) is 18.2 Å². The van der Waals surface area contributed by atoms with Crippen LogP contribution in [0.3, 0.4) is 0 Å². The fourth-order valence-corrected chi connectivity index (χ4v) is 3.66. The molecule has 1 aliphatic carbocycles. The Morgan fingerprint density at radius 3 is 2.10 bits per heavy atom. The number of aromatic nitrogens is 2. The highest BCUT2D eigenvalue weighted by molar-refractivity contribution is 5.88. The molecule has 0 unspecified atom stereocenters. The molecule has 0 saturated heterocycles. The minimum Gasteiger partial charge on any atom is -0.322 e. The number of nitrogens with zero attached hydrogens (tertiary/aromatic N) is 2.